The standard InChI is InChI=1S/C21H19N3O3S/c1-4-13-5-7-15(8-6-13)20-23-19(24-27-20)18-17(21(18,2)3)14-9-11-16(12-10-14)28(22,25)26/h1,5-12,17-18H,2-3H3,(H2,22,25,26)/t17-,18+/m0/s1. The highest BCUT2D eigenvalue weighted by molar-refractivity contribution is 7.89. The van der Waals surface area contributed by atoms with Gasteiger partial charge in [-0.2, -0.15) is 4.98 Å². The molecule has 7 heteroatoms. The third kappa shape index (κ3) is 3.11. The summed E-state index contributed by atoms with van der Waals surface area (Å²) in [5.74, 6) is 3.91. The molecule has 28 heavy (non-hydrogen) atoms. The Balaban J connectivity index is 1.60. The number of sulfonamides is 1. The Morgan fingerprint density at radius 1 is 1.07 bits per heavy atom. The van der Waals surface area contributed by atoms with Crippen LogP contribution in [-0.4, -0.2) is 18.6 Å². The van der Waals surface area contributed by atoms with Crippen LogP contribution in [-0.2, 0) is 10.0 Å². The number of rotatable bonds is 4. The average Bonchev–Trinajstić information content (AvgIpc) is 3.01. The summed E-state index contributed by atoms with van der Waals surface area (Å²) in [4.78, 5) is 4.68. The first-order valence-electron chi connectivity index (χ1n) is 8.75. The van der Waals surface area contributed by atoms with Crippen molar-refractivity contribution in [3.8, 4) is 23.8 Å². The van der Waals surface area contributed by atoms with Crippen LogP contribution in [0.4, 0.5) is 0 Å². The van der Waals surface area contributed by atoms with E-state index in [1.54, 1.807) is 12.1 Å². The zero-order valence-corrected chi connectivity index (χ0v) is 16.3. The van der Waals surface area contributed by atoms with Crippen LogP contribution in [0.25, 0.3) is 11.5 Å². The molecule has 0 radical (unpaired) electrons. The van der Waals surface area contributed by atoms with Crippen molar-refractivity contribution >= 4 is 10.0 Å². The van der Waals surface area contributed by atoms with Crippen molar-refractivity contribution < 1.29 is 12.9 Å². The maximum absolute atomic E-state index is 11.5. The fraction of sp³-hybridized carbons (Fsp3) is 0.238. The van der Waals surface area contributed by atoms with Crippen LogP contribution in [0.15, 0.2) is 57.9 Å². The lowest BCUT2D eigenvalue weighted by Gasteiger charge is -2.04. The summed E-state index contributed by atoms with van der Waals surface area (Å²) in [6, 6.07) is 14.0. The molecule has 0 spiro atoms. The van der Waals surface area contributed by atoms with Gasteiger partial charge in [0.05, 0.1) is 4.90 Å². The van der Waals surface area contributed by atoms with Gasteiger partial charge in [-0.25, -0.2) is 13.6 Å². The second-order valence-corrected chi connectivity index (χ2v) is 9.13. The lowest BCUT2D eigenvalue weighted by atomic mass is 10.0. The fourth-order valence-electron chi connectivity index (χ4n) is 3.79. The van der Waals surface area contributed by atoms with E-state index in [-0.39, 0.29) is 22.1 Å². The van der Waals surface area contributed by atoms with Crippen LogP contribution in [0.1, 0.15) is 42.6 Å². The van der Waals surface area contributed by atoms with Crippen molar-refractivity contribution in [3.05, 3.63) is 65.5 Å². The lowest BCUT2D eigenvalue weighted by molar-refractivity contribution is 0.419. The third-order valence-electron chi connectivity index (χ3n) is 5.41. The SMILES string of the molecule is C#Cc1ccc(-c2nc([C@H]3[C@H](c4ccc(S(N)(=O)=O)cc4)C3(C)C)no2)cc1. The van der Waals surface area contributed by atoms with Gasteiger partial charge in [-0.15, -0.1) is 6.42 Å². The number of nitrogens with two attached hydrogens (primary N) is 1. The van der Waals surface area contributed by atoms with Crippen LogP contribution in [0.5, 0.6) is 0 Å². The van der Waals surface area contributed by atoms with Crippen LogP contribution in [0.3, 0.4) is 0 Å². The maximum Gasteiger partial charge on any atom is 0.257 e. The van der Waals surface area contributed by atoms with Crippen LogP contribution in [0, 0.1) is 17.8 Å². The Labute approximate surface area is 163 Å². The minimum atomic E-state index is -3.70. The highest BCUT2D eigenvalue weighted by Gasteiger charge is 2.61. The summed E-state index contributed by atoms with van der Waals surface area (Å²) in [6.07, 6.45) is 5.38. The minimum absolute atomic E-state index is 0.0718. The molecule has 6 nitrogen and oxygen atoms in total. The molecular formula is C21H19N3O3S. The molecule has 2 aromatic carbocycles. The number of benzene rings is 2. The van der Waals surface area contributed by atoms with Crippen molar-refractivity contribution in [1.29, 1.82) is 0 Å². The van der Waals surface area contributed by atoms with E-state index in [9.17, 15) is 8.42 Å². The van der Waals surface area contributed by atoms with E-state index in [1.165, 1.54) is 12.1 Å². The molecule has 2 atom stereocenters. The first-order valence-corrected chi connectivity index (χ1v) is 10.3. The van der Waals surface area contributed by atoms with Gasteiger partial charge in [0.2, 0.25) is 10.0 Å². The van der Waals surface area contributed by atoms with Crippen molar-refractivity contribution in [2.45, 2.75) is 30.6 Å². The van der Waals surface area contributed by atoms with Gasteiger partial charge >= 0.3 is 0 Å². The summed E-state index contributed by atoms with van der Waals surface area (Å²) in [5.41, 5.74) is 2.55. The van der Waals surface area contributed by atoms with E-state index >= 15 is 0 Å². The zero-order valence-electron chi connectivity index (χ0n) is 15.5. The molecule has 1 aromatic heterocycles. The topological polar surface area (TPSA) is 99.1 Å². The number of nitrogens with zero attached hydrogens (tertiary/aromatic N) is 2. The molecule has 1 fully saturated rings. The number of hydrogen-bond donors (Lipinski definition) is 1. The van der Waals surface area contributed by atoms with Gasteiger partial charge in [0.15, 0.2) is 5.82 Å². The second kappa shape index (κ2) is 6.30. The molecule has 0 aliphatic heterocycles. The maximum atomic E-state index is 11.5. The predicted molar refractivity (Wildman–Crippen MR) is 105 cm³/mol. The molecule has 0 bridgehead atoms. The van der Waals surface area contributed by atoms with Crippen LogP contribution >= 0.6 is 0 Å². The fourth-order valence-corrected chi connectivity index (χ4v) is 4.31. The first-order chi connectivity index (χ1) is 13.2. The molecule has 0 saturated heterocycles. The van der Waals surface area contributed by atoms with E-state index in [4.69, 9.17) is 16.1 Å². The summed E-state index contributed by atoms with van der Waals surface area (Å²) in [6.45, 7) is 4.27. The molecule has 1 aliphatic rings. The third-order valence-corrected chi connectivity index (χ3v) is 6.34. The van der Waals surface area contributed by atoms with Gasteiger partial charge < -0.3 is 4.52 Å². The number of hydrogen-bond acceptors (Lipinski definition) is 5. The molecule has 142 valence electrons. The Morgan fingerprint density at radius 2 is 1.71 bits per heavy atom. The van der Waals surface area contributed by atoms with Crippen LogP contribution in [0.2, 0.25) is 0 Å². The Kier molecular flexibility index (Phi) is 4.14. The van der Waals surface area contributed by atoms with Gasteiger partial charge in [0.25, 0.3) is 5.89 Å². The lowest BCUT2D eigenvalue weighted by Crippen LogP contribution is -2.11. The molecule has 0 unspecified atom stereocenters. The molecule has 1 aliphatic carbocycles. The average molecular weight is 393 g/mol. The minimum Gasteiger partial charge on any atom is -0.334 e. The molecule has 3 aromatic rings. The molecule has 1 heterocycles. The molecule has 2 N–H and O–H groups in total. The largest absolute Gasteiger partial charge is 0.334 e. The number of primary sulfonamides is 1. The van der Waals surface area contributed by atoms with E-state index in [2.05, 4.69) is 29.9 Å². The normalized spacial score (nSPS) is 20.5. The van der Waals surface area contributed by atoms with Crippen molar-refractivity contribution in [1.82, 2.24) is 10.1 Å². The van der Waals surface area contributed by atoms with Crippen LogP contribution < -0.4 is 5.14 Å². The quantitative estimate of drug-likeness (QED) is 0.686. The summed E-state index contributed by atoms with van der Waals surface area (Å²) < 4.78 is 28.4. The zero-order chi connectivity index (χ0) is 20.1. The summed E-state index contributed by atoms with van der Waals surface area (Å²) in [5, 5.41) is 9.36. The highest BCUT2D eigenvalue weighted by Crippen LogP contribution is 2.69. The molecule has 4 rings (SSSR count). The number of terminal acetylenes is 1. The summed E-state index contributed by atoms with van der Waals surface area (Å²) in [7, 11) is -3.70. The Bertz CT molecular complexity index is 1170. The monoisotopic (exact) mass is 393 g/mol. The summed E-state index contributed by atoms with van der Waals surface area (Å²) >= 11 is 0. The molecule has 0 amide bonds. The highest BCUT2D eigenvalue weighted by atomic mass is 32.2. The van der Waals surface area contributed by atoms with E-state index in [1.807, 2.05) is 24.3 Å². The molecule has 1 saturated carbocycles. The van der Waals surface area contributed by atoms with Gasteiger partial charge in [-0.1, -0.05) is 37.1 Å². The van der Waals surface area contributed by atoms with E-state index in [0.717, 1.165) is 16.7 Å². The van der Waals surface area contributed by atoms with Gasteiger partial charge in [0, 0.05) is 23.0 Å². The van der Waals surface area contributed by atoms with Gasteiger partial charge in [-0.3, -0.25) is 0 Å². The van der Waals surface area contributed by atoms with Crippen molar-refractivity contribution in [2.24, 2.45) is 10.6 Å². The number of aromatic nitrogens is 2. The van der Waals surface area contributed by atoms with Gasteiger partial charge in [0.1, 0.15) is 0 Å². The van der Waals surface area contributed by atoms with E-state index in [0.29, 0.717) is 11.7 Å². The first kappa shape index (κ1) is 18.4. The Hall–Kier alpha value is -2.95. The molecular weight excluding hydrogens is 374 g/mol. The van der Waals surface area contributed by atoms with Crippen molar-refractivity contribution in [2.75, 3.05) is 0 Å². The Morgan fingerprint density at radius 3 is 2.29 bits per heavy atom. The van der Waals surface area contributed by atoms with E-state index < -0.39 is 10.0 Å². The van der Waals surface area contributed by atoms with Crippen molar-refractivity contribution in [3.63, 3.8) is 0 Å². The second-order valence-electron chi connectivity index (χ2n) is 7.57. The predicted octanol–water partition coefficient (Wildman–Crippen LogP) is 3.27. The smallest absolute Gasteiger partial charge is 0.257 e. The van der Waals surface area contributed by atoms with Gasteiger partial charge in [-0.05, 0) is 47.4 Å².